The largest absolute Gasteiger partial charge is 0.483 e. The minimum Gasteiger partial charge on any atom is -0.483 e. The van der Waals surface area contributed by atoms with Crippen LogP contribution in [-0.2, 0) is 4.74 Å². The number of rotatable bonds is 4. The Hall–Kier alpha value is -3.24. The maximum atomic E-state index is 12.6. The van der Waals surface area contributed by atoms with Crippen molar-refractivity contribution in [2.75, 3.05) is 24.6 Å². The second kappa shape index (κ2) is 6.43. The lowest BCUT2D eigenvalue weighted by Crippen LogP contribution is -2.32. The molecule has 0 radical (unpaired) electrons. The highest BCUT2D eigenvalue weighted by Gasteiger charge is 2.42. The Labute approximate surface area is 156 Å². The first-order valence-electron chi connectivity index (χ1n) is 8.35. The van der Waals surface area contributed by atoms with Crippen LogP contribution in [0.15, 0.2) is 24.4 Å². The first kappa shape index (κ1) is 18.1. The van der Waals surface area contributed by atoms with Gasteiger partial charge in [0.25, 0.3) is 5.91 Å². The highest BCUT2D eigenvalue weighted by Crippen LogP contribution is 2.34. The van der Waals surface area contributed by atoms with Gasteiger partial charge in [0.05, 0.1) is 18.2 Å². The number of ether oxygens (including phenoxy) is 2. The van der Waals surface area contributed by atoms with E-state index in [1.165, 1.54) is 18.3 Å². The van der Waals surface area contributed by atoms with Crippen molar-refractivity contribution in [3.63, 3.8) is 0 Å². The van der Waals surface area contributed by atoms with Crippen molar-refractivity contribution in [1.29, 1.82) is 0 Å². The minimum atomic E-state index is -4.57. The molecule has 8 nitrogen and oxygen atoms in total. The van der Waals surface area contributed by atoms with Gasteiger partial charge in [0, 0.05) is 18.1 Å². The van der Waals surface area contributed by atoms with E-state index in [-0.39, 0.29) is 23.5 Å². The van der Waals surface area contributed by atoms with Crippen LogP contribution in [0.1, 0.15) is 10.4 Å². The molecule has 11 heteroatoms. The Morgan fingerprint density at radius 3 is 2.86 bits per heavy atom. The molecule has 2 aromatic rings. The van der Waals surface area contributed by atoms with E-state index in [1.54, 1.807) is 6.07 Å². The number of benzene rings is 1. The molecule has 0 spiro atoms. The molecule has 0 bridgehead atoms. The van der Waals surface area contributed by atoms with Gasteiger partial charge < -0.3 is 25.4 Å². The lowest BCUT2D eigenvalue weighted by atomic mass is 10.1. The number of hydrogen-bond donors (Lipinski definition) is 2. The summed E-state index contributed by atoms with van der Waals surface area (Å²) >= 11 is 0. The van der Waals surface area contributed by atoms with Crippen LogP contribution in [0, 0.1) is 0 Å². The second-order valence-corrected chi connectivity index (χ2v) is 6.57. The van der Waals surface area contributed by atoms with Crippen LogP contribution in [0.5, 0.6) is 5.75 Å². The van der Waals surface area contributed by atoms with Crippen LogP contribution in [0.2, 0.25) is 0 Å². The zero-order valence-electron chi connectivity index (χ0n) is 14.3. The molecule has 1 aromatic carbocycles. The van der Waals surface area contributed by atoms with E-state index in [0.29, 0.717) is 29.7 Å². The van der Waals surface area contributed by atoms with Crippen LogP contribution in [-0.4, -0.2) is 55.0 Å². The van der Waals surface area contributed by atoms with Gasteiger partial charge in [-0.15, -0.1) is 0 Å². The normalized spacial score (nSPS) is 21.4. The number of amides is 2. The predicted molar refractivity (Wildman–Crippen MR) is 91.2 cm³/mol. The van der Waals surface area contributed by atoms with Crippen molar-refractivity contribution in [3.8, 4) is 5.75 Å². The van der Waals surface area contributed by atoms with Crippen molar-refractivity contribution in [2.45, 2.75) is 18.3 Å². The van der Waals surface area contributed by atoms with Crippen LogP contribution < -0.4 is 20.7 Å². The summed E-state index contributed by atoms with van der Waals surface area (Å²) in [6, 6.07) is 4.13. The number of aromatic nitrogens is 1. The predicted octanol–water partition coefficient (Wildman–Crippen LogP) is 1.57. The Morgan fingerprint density at radius 1 is 1.39 bits per heavy atom. The number of fused-ring (bicyclic) bond motifs is 2. The third-order valence-corrected chi connectivity index (χ3v) is 4.63. The number of nitrogens with two attached hydrogens (primary N) is 1. The molecule has 2 saturated heterocycles. The van der Waals surface area contributed by atoms with E-state index < -0.39 is 24.8 Å². The summed E-state index contributed by atoms with van der Waals surface area (Å²) in [5, 5.41) is 3.76. The van der Waals surface area contributed by atoms with Crippen LogP contribution in [0.4, 0.5) is 23.8 Å². The summed E-state index contributed by atoms with van der Waals surface area (Å²) in [6.07, 6.45) is -3.86. The quantitative estimate of drug-likeness (QED) is 0.813. The molecule has 2 aliphatic rings. The zero-order valence-corrected chi connectivity index (χ0v) is 14.3. The van der Waals surface area contributed by atoms with E-state index in [9.17, 15) is 22.8 Å². The lowest BCUT2D eigenvalue weighted by molar-refractivity contribution is -0.153. The number of hydrogen-bond acceptors (Lipinski definition) is 6. The number of alkyl halides is 3. The van der Waals surface area contributed by atoms with Crippen LogP contribution in [0.25, 0.3) is 10.8 Å². The second-order valence-electron chi connectivity index (χ2n) is 6.57. The molecule has 1 aromatic heterocycles. The molecule has 2 amide bonds. The van der Waals surface area contributed by atoms with Crippen molar-refractivity contribution in [1.82, 2.24) is 10.3 Å². The molecule has 0 unspecified atom stereocenters. The fourth-order valence-corrected chi connectivity index (χ4v) is 3.44. The topological polar surface area (TPSA) is 107 Å². The number of primary amides is 1. The molecular weight excluding hydrogens is 381 g/mol. The Bertz CT molecular complexity index is 949. The lowest BCUT2D eigenvalue weighted by Gasteiger charge is -2.21. The van der Waals surface area contributed by atoms with Crippen LogP contribution >= 0.6 is 0 Å². The Kier molecular flexibility index (Phi) is 4.16. The molecule has 28 heavy (non-hydrogen) atoms. The van der Waals surface area contributed by atoms with Gasteiger partial charge in [0.2, 0.25) is 0 Å². The zero-order chi connectivity index (χ0) is 20.1. The highest BCUT2D eigenvalue weighted by molar-refractivity contribution is 6.03. The maximum absolute atomic E-state index is 12.6. The first-order chi connectivity index (χ1) is 13.2. The number of carbonyl (C=O) groups is 2. The Morgan fingerprint density at radius 2 is 2.18 bits per heavy atom. The van der Waals surface area contributed by atoms with Crippen molar-refractivity contribution in [2.24, 2.45) is 5.73 Å². The van der Waals surface area contributed by atoms with Gasteiger partial charge >= 0.3 is 12.3 Å². The molecule has 2 atom stereocenters. The molecule has 0 aliphatic carbocycles. The van der Waals surface area contributed by atoms with Gasteiger partial charge in [-0.1, -0.05) is 0 Å². The molecule has 2 aliphatic heterocycles. The summed E-state index contributed by atoms with van der Waals surface area (Å²) < 4.78 is 47.7. The minimum absolute atomic E-state index is 0.150. The molecule has 4 rings (SSSR count). The van der Waals surface area contributed by atoms with Crippen molar-refractivity contribution >= 4 is 28.6 Å². The number of nitrogens with one attached hydrogen (secondary N) is 1. The molecule has 2 fully saturated rings. The summed E-state index contributed by atoms with van der Waals surface area (Å²) in [4.78, 5) is 29.1. The fraction of sp³-hybridized carbons (Fsp3) is 0.353. The number of halogens is 3. The number of nitrogens with zero attached hydrogens (tertiary/aromatic N) is 2. The number of pyridine rings is 1. The molecule has 0 saturated carbocycles. The van der Waals surface area contributed by atoms with Gasteiger partial charge in [0.15, 0.2) is 6.61 Å². The SMILES string of the molecule is NC(=O)c1cc2ccnc(N3C[C@@H]4OC(=O)N[C@@H]4C3)c2cc1OCC(F)(F)F. The fourth-order valence-electron chi connectivity index (χ4n) is 3.44. The maximum Gasteiger partial charge on any atom is 0.422 e. The van der Waals surface area contributed by atoms with Crippen LogP contribution in [0.3, 0.4) is 0 Å². The third kappa shape index (κ3) is 3.35. The number of carbonyl (C=O) groups excluding carboxylic acids is 2. The average molecular weight is 396 g/mol. The summed E-state index contributed by atoms with van der Waals surface area (Å²) in [5.74, 6) is -0.683. The van der Waals surface area contributed by atoms with Gasteiger partial charge in [-0.25, -0.2) is 9.78 Å². The molecule has 3 N–H and O–H groups in total. The van der Waals surface area contributed by atoms with E-state index in [0.717, 1.165) is 0 Å². The first-order valence-corrected chi connectivity index (χ1v) is 8.35. The smallest absolute Gasteiger partial charge is 0.422 e. The number of anilines is 1. The monoisotopic (exact) mass is 396 g/mol. The molecular formula is C17H15F3N4O4. The number of alkyl carbamates (subject to hydrolysis) is 1. The Balaban J connectivity index is 1.72. The molecule has 3 heterocycles. The summed E-state index contributed by atoms with van der Waals surface area (Å²) in [5.41, 5.74) is 5.15. The van der Waals surface area contributed by atoms with Crippen molar-refractivity contribution < 1.29 is 32.2 Å². The third-order valence-electron chi connectivity index (χ3n) is 4.63. The van der Waals surface area contributed by atoms with Gasteiger partial charge in [-0.05, 0) is 23.6 Å². The standard InChI is InChI=1S/C17H15F3N4O4/c18-17(19,20)7-27-12-4-9-8(3-10(12)14(21)25)1-2-22-15(9)24-5-11-13(6-24)28-16(26)23-11/h1-4,11,13H,5-7H2,(H2,21,25)(H,23,26)/t11-,13+/m1/s1. The van der Waals surface area contributed by atoms with E-state index in [1.807, 2.05) is 4.90 Å². The van der Waals surface area contributed by atoms with Gasteiger partial charge in [0.1, 0.15) is 17.7 Å². The highest BCUT2D eigenvalue weighted by atomic mass is 19.4. The van der Waals surface area contributed by atoms with Gasteiger partial charge in [-0.2, -0.15) is 13.2 Å². The summed E-state index contributed by atoms with van der Waals surface area (Å²) in [6.45, 7) is -0.743. The van der Waals surface area contributed by atoms with E-state index in [2.05, 4.69) is 10.3 Å². The van der Waals surface area contributed by atoms with E-state index >= 15 is 0 Å². The average Bonchev–Trinajstić information content (AvgIpc) is 3.15. The van der Waals surface area contributed by atoms with Gasteiger partial charge in [-0.3, -0.25) is 4.79 Å². The molecule has 148 valence electrons. The van der Waals surface area contributed by atoms with E-state index in [4.69, 9.17) is 15.2 Å². The van der Waals surface area contributed by atoms with Crippen molar-refractivity contribution in [3.05, 3.63) is 30.0 Å². The summed E-state index contributed by atoms with van der Waals surface area (Å²) in [7, 11) is 0.